The van der Waals surface area contributed by atoms with Gasteiger partial charge in [-0.2, -0.15) is 5.10 Å². The van der Waals surface area contributed by atoms with E-state index in [0.717, 1.165) is 55.8 Å². The number of nitrogens with zero attached hydrogens (tertiary/aromatic N) is 5. The summed E-state index contributed by atoms with van der Waals surface area (Å²) in [6, 6.07) is 13.8. The van der Waals surface area contributed by atoms with Crippen molar-refractivity contribution in [3.63, 3.8) is 0 Å². The molecule has 6 rings (SSSR count). The molecule has 6 heterocycles. The molecular formula is C24H17N7O. The Kier molecular flexibility index (Phi) is 4.14. The van der Waals surface area contributed by atoms with Crippen molar-refractivity contribution in [1.82, 2.24) is 35.1 Å². The van der Waals surface area contributed by atoms with Crippen molar-refractivity contribution in [3.8, 4) is 39.7 Å². The van der Waals surface area contributed by atoms with Gasteiger partial charge < -0.3 is 9.72 Å². The molecule has 32 heavy (non-hydrogen) atoms. The molecule has 0 aromatic carbocycles. The summed E-state index contributed by atoms with van der Waals surface area (Å²) in [5, 5.41) is 9.56. The number of rotatable bonds is 4. The molecule has 0 radical (unpaired) electrons. The molecule has 0 unspecified atom stereocenters. The van der Waals surface area contributed by atoms with Crippen molar-refractivity contribution in [2.45, 2.75) is 0 Å². The zero-order chi connectivity index (χ0) is 21.5. The van der Waals surface area contributed by atoms with Gasteiger partial charge in [0.1, 0.15) is 17.1 Å². The Morgan fingerprint density at radius 2 is 1.81 bits per heavy atom. The fourth-order valence-corrected chi connectivity index (χ4v) is 3.85. The van der Waals surface area contributed by atoms with Crippen LogP contribution in [0.5, 0.6) is 5.75 Å². The SMILES string of the molecule is COc1cncc(-c2cc3c(-c4cc5c(-c6ccccn6)ccnc5[nH]4)n[nH]c3cn2)c1. The first-order chi connectivity index (χ1) is 15.8. The highest BCUT2D eigenvalue weighted by molar-refractivity contribution is 5.99. The Bertz CT molecular complexity index is 1570. The molecule has 0 aliphatic carbocycles. The van der Waals surface area contributed by atoms with Crippen LogP contribution in [-0.2, 0) is 0 Å². The van der Waals surface area contributed by atoms with E-state index >= 15 is 0 Å². The van der Waals surface area contributed by atoms with Gasteiger partial charge in [-0.25, -0.2) is 4.98 Å². The van der Waals surface area contributed by atoms with E-state index < -0.39 is 0 Å². The maximum Gasteiger partial charge on any atom is 0.138 e. The van der Waals surface area contributed by atoms with E-state index in [4.69, 9.17) is 4.74 Å². The fourth-order valence-electron chi connectivity index (χ4n) is 3.85. The summed E-state index contributed by atoms with van der Waals surface area (Å²) in [6.07, 6.45) is 8.79. The van der Waals surface area contributed by atoms with Gasteiger partial charge in [-0.1, -0.05) is 6.07 Å². The highest BCUT2D eigenvalue weighted by atomic mass is 16.5. The Balaban J connectivity index is 1.50. The molecule has 0 atom stereocenters. The molecule has 6 aromatic heterocycles. The maximum absolute atomic E-state index is 5.30. The smallest absolute Gasteiger partial charge is 0.138 e. The lowest BCUT2D eigenvalue weighted by Gasteiger charge is -2.04. The molecule has 8 nitrogen and oxygen atoms in total. The molecule has 8 heteroatoms. The minimum absolute atomic E-state index is 0.681. The number of H-pyrrole nitrogens is 2. The Morgan fingerprint density at radius 3 is 2.69 bits per heavy atom. The van der Waals surface area contributed by atoms with Crippen LogP contribution in [-0.4, -0.2) is 42.2 Å². The van der Waals surface area contributed by atoms with Crippen molar-refractivity contribution in [2.24, 2.45) is 0 Å². The molecule has 0 saturated carbocycles. The van der Waals surface area contributed by atoms with E-state index in [2.05, 4.69) is 41.2 Å². The summed E-state index contributed by atoms with van der Waals surface area (Å²) >= 11 is 0. The van der Waals surface area contributed by atoms with Gasteiger partial charge in [0.2, 0.25) is 0 Å². The first-order valence-corrected chi connectivity index (χ1v) is 10.0. The monoisotopic (exact) mass is 419 g/mol. The predicted octanol–water partition coefficient (Wildman–Crippen LogP) is 4.63. The number of nitrogens with one attached hydrogen (secondary N) is 2. The zero-order valence-electron chi connectivity index (χ0n) is 17.1. The highest BCUT2D eigenvalue weighted by Crippen LogP contribution is 2.33. The normalized spacial score (nSPS) is 11.3. The largest absolute Gasteiger partial charge is 0.495 e. The summed E-state index contributed by atoms with van der Waals surface area (Å²) in [7, 11) is 1.62. The van der Waals surface area contributed by atoms with Gasteiger partial charge in [-0.3, -0.25) is 20.1 Å². The number of aromatic nitrogens is 7. The summed E-state index contributed by atoms with van der Waals surface area (Å²) in [6.45, 7) is 0. The summed E-state index contributed by atoms with van der Waals surface area (Å²) < 4.78 is 5.30. The third kappa shape index (κ3) is 2.97. The second kappa shape index (κ2) is 7.28. The summed E-state index contributed by atoms with van der Waals surface area (Å²) in [5.41, 5.74) is 6.86. The van der Waals surface area contributed by atoms with Crippen LogP contribution in [0.4, 0.5) is 0 Å². The van der Waals surface area contributed by atoms with Crippen LogP contribution in [0.3, 0.4) is 0 Å². The second-order valence-corrected chi connectivity index (χ2v) is 7.32. The molecule has 0 fully saturated rings. The Hall–Kier alpha value is -4.59. The topological polar surface area (TPSA) is 105 Å². The molecule has 0 bridgehead atoms. The molecule has 0 aliphatic rings. The van der Waals surface area contributed by atoms with Gasteiger partial charge in [0.15, 0.2) is 0 Å². The molecule has 0 aliphatic heterocycles. The lowest BCUT2D eigenvalue weighted by Crippen LogP contribution is -1.88. The third-order valence-electron chi connectivity index (χ3n) is 5.42. The number of fused-ring (bicyclic) bond motifs is 2. The summed E-state index contributed by atoms with van der Waals surface area (Å²) in [5.74, 6) is 0.681. The van der Waals surface area contributed by atoms with Crippen LogP contribution >= 0.6 is 0 Å². The molecule has 2 N–H and O–H groups in total. The van der Waals surface area contributed by atoms with E-state index in [1.54, 1.807) is 38.1 Å². The number of methoxy groups -OCH3 is 1. The molecule has 6 aromatic rings. The van der Waals surface area contributed by atoms with Gasteiger partial charge in [-0.05, 0) is 36.4 Å². The lowest BCUT2D eigenvalue weighted by molar-refractivity contribution is 0.413. The number of aromatic amines is 2. The minimum Gasteiger partial charge on any atom is -0.495 e. The molecule has 0 amide bonds. The van der Waals surface area contributed by atoms with Gasteiger partial charge in [-0.15, -0.1) is 0 Å². The molecule has 0 saturated heterocycles. The number of hydrogen-bond donors (Lipinski definition) is 2. The first kappa shape index (κ1) is 18.2. The first-order valence-electron chi connectivity index (χ1n) is 10.0. The molecule has 154 valence electrons. The highest BCUT2D eigenvalue weighted by Gasteiger charge is 2.15. The van der Waals surface area contributed by atoms with Crippen LogP contribution in [0.15, 0.2) is 73.4 Å². The van der Waals surface area contributed by atoms with Gasteiger partial charge in [0.25, 0.3) is 0 Å². The van der Waals surface area contributed by atoms with E-state index in [-0.39, 0.29) is 0 Å². The third-order valence-corrected chi connectivity index (χ3v) is 5.42. The second-order valence-electron chi connectivity index (χ2n) is 7.32. The van der Waals surface area contributed by atoms with E-state index in [9.17, 15) is 0 Å². The van der Waals surface area contributed by atoms with Gasteiger partial charge in [0.05, 0.1) is 42.1 Å². The van der Waals surface area contributed by atoms with Crippen molar-refractivity contribution in [3.05, 3.63) is 73.4 Å². The number of ether oxygens (including phenoxy) is 1. The van der Waals surface area contributed by atoms with Gasteiger partial charge >= 0.3 is 0 Å². The Morgan fingerprint density at radius 1 is 0.844 bits per heavy atom. The van der Waals surface area contributed by atoms with Crippen molar-refractivity contribution >= 4 is 21.9 Å². The zero-order valence-corrected chi connectivity index (χ0v) is 17.1. The van der Waals surface area contributed by atoms with Crippen molar-refractivity contribution in [1.29, 1.82) is 0 Å². The Labute approximate surface area is 182 Å². The van der Waals surface area contributed by atoms with Crippen molar-refractivity contribution < 1.29 is 4.74 Å². The number of hydrogen-bond acceptors (Lipinski definition) is 6. The maximum atomic E-state index is 5.30. The average molecular weight is 419 g/mol. The minimum atomic E-state index is 0.681. The van der Waals surface area contributed by atoms with Crippen LogP contribution in [0, 0.1) is 0 Å². The van der Waals surface area contributed by atoms with Crippen molar-refractivity contribution in [2.75, 3.05) is 7.11 Å². The van der Waals surface area contributed by atoms with Crippen LogP contribution < -0.4 is 4.74 Å². The standard InChI is InChI=1S/C24H17N7O/c1-32-15-8-14(11-25-12-15)20-10-18-22(13-28-20)30-31-23(18)21-9-17-16(5-7-27-24(17)29-21)19-4-2-3-6-26-19/h2-13H,1H3,(H,27,29)(H,30,31). The van der Waals surface area contributed by atoms with Crippen LogP contribution in [0.1, 0.15) is 0 Å². The van der Waals surface area contributed by atoms with Crippen LogP contribution in [0.25, 0.3) is 55.8 Å². The molecular weight excluding hydrogens is 402 g/mol. The quantitative estimate of drug-likeness (QED) is 0.431. The van der Waals surface area contributed by atoms with Gasteiger partial charge in [0, 0.05) is 40.5 Å². The van der Waals surface area contributed by atoms with E-state index in [1.807, 2.05) is 36.4 Å². The summed E-state index contributed by atoms with van der Waals surface area (Å²) in [4.78, 5) is 21.2. The van der Waals surface area contributed by atoms with Crippen LogP contribution in [0.2, 0.25) is 0 Å². The fraction of sp³-hybridized carbons (Fsp3) is 0.0417. The van der Waals surface area contributed by atoms with E-state index in [0.29, 0.717) is 5.75 Å². The molecule has 0 spiro atoms. The number of pyridine rings is 4. The van der Waals surface area contributed by atoms with E-state index in [1.165, 1.54) is 0 Å². The lowest BCUT2D eigenvalue weighted by atomic mass is 10.1. The predicted molar refractivity (Wildman–Crippen MR) is 122 cm³/mol. The average Bonchev–Trinajstić information content (AvgIpc) is 3.48.